The van der Waals surface area contributed by atoms with E-state index in [4.69, 9.17) is 10.9 Å². The largest absolute Gasteiger partial charge is 0.409 e. The lowest BCUT2D eigenvalue weighted by atomic mass is 9.61. The molecule has 6 heteroatoms. The molecule has 0 aliphatic heterocycles. The van der Waals surface area contributed by atoms with Crippen LogP contribution >= 0.6 is 15.9 Å². The maximum absolute atomic E-state index is 12.3. The first-order valence-electron chi connectivity index (χ1n) is 6.48. The Bertz CT molecular complexity index is 522. The normalized spacial score (nSPS) is 25.9. The van der Waals surface area contributed by atoms with Crippen molar-refractivity contribution in [3.8, 4) is 0 Å². The number of halogens is 1. The molecule has 1 aromatic rings. The zero-order valence-corrected chi connectivity index (χ0v) is 12.9. The number of rotatable bonds is 4. The SMILES string of the molecule is CC1CC(C(=O)NCc2ccc(Br)cc2)(/C(N)=N/O)C1. The van der Waals surface area contributed by atoms with E-state index in [9.17, 15) is 4.79 Å². The Morgan fingerprint density at radius 1 is 1.50 bits per heavy atom. The molecule has 0 radical (unpaired) electrons. The van der Waals surface area contributed by atoms with Gasteiger partial charge in [0, 0.05) is 11.0 Å². The van der Waals surface area contributed by atoms with Crippen molar-refractivity contribution < 1.29 is 10.0 Å². The van der Waals surface area contributed by atoms with Crippen LogP contribution in [0.3, 0.4) is 0 Å². The first-order valence-corrected chi connectivity index (χ1v) is 7.28. The van der Waals surface area contributed by atoms with Crippen molar-refractivity contribution in [3.05, 3.63) is 34.3 Å². The van der Waals surface area contributed by atoms with Gasteiger partial charge in [-0.25, -0.2) is 0 Å². The minimum absolute atomic E-state index is 0.00362. The summed E-state index contributed by atoms with van der Waals surface area (Å²) in [6.07, 6.45) is 1.24. The highest BCUT2D eigenvalue weighted by atomic mass is 79.9. The van der Waals surface area contributed by atoms with Gasteiger partial charge in [0.2, 0.25) is 5.91 Å². The number of nitrogens with two attached hydrogens (primary N) is 1. The number of nitrogens with zero attached hydrogens (tertiary/aromatic N) is 1. The Labute approximate surface area is 126 Å². The molecule has 0 spiro atoms. The molecule has 0 unspecified atom stereocenters. The van der Waals surface area contributed by atoms with Gasteiger partial charge in [0.1, 0.15) is 5.41 Å². The molecule has 4 N–H and O–H groups in total. The molecule has 20 heavy (non-hydrogen) atoms. The van der Waals surface area contributed by atoms with Gasteiger partial charge in [-0.15, -0.1) is 0 Å². The second-order valence-electron chi connectivity index (χ2n) is 5.39. The molecule has 1 fully saturated rings. The molecule has 108 valence electrons. The van der Waals surface area contributed by atoms with Crippen molar-refractivity contribution in [1.29, 1.82) is 0 Å². The fourth-order valence-corrected chi connectivity index (χ4v) is 2.95. The summed E-state index contributed by atoms with van der Waals surface area (Å²) >= 11 is 3.37. The second kappa shape index (κ2) is 5.83. The number of carbonyl (C=O) groups is 1. The third-order valence-electron chi connectivity index (χ3n) is 3.79. The van der Waals surface area contributed by atoms with Crippen LogP contribution in [0.5, 0.6) is 0 Å². The van der Waals surface area contributed by atoms with Gasteiger partial charge in [0.15, 0.2) is 5.84 Å². The monoisotopic (exact) mass is 339 g/mol. The van der Waals surface area contributed by atoms with Crippen LogP contribution in [0.2, 0.25) is 0 Å². The summed E-state index contributed by atoms with van der Waals surface area (Å²) in [5, 5.41) is 14.8. The van der Waals surface area contributed by atoms with Crippen LogP contribution in [-0.4, -0.2) is 17.0 Å². The third-order valence-corrected chi connectivity index (χ3v) is 4.32. The lowest BCUT2D eigenvalue weighted by Gasteiger charge is -2.43. The number of nitrogens with one attached hydrogen (secondary N) is 1. The van der Waals surface area contributed by atoms with E-state index >= 15 is 0 Å². The average Bonchev–Trinajstić information content (AvgIpc) is 2.41. The van der Waals surface area contributed by atoms with Crippen LogP contribution in [0.1, 0.15) is 25.3 Å². The number of hydrogen-bond acceptors (Lipinski definition) is 3. The zero-order chi connectivity index (χ0) is 14.8. The quantitative estimate of drug-likeness (QED) is 0.340. The highest BCUT2D eigenvalue weighted by molar-refractivity contribution is 9.10. The molecular weight excluding hydrogens is 322 g/mol. The predicted octanol–water partition coefficient (Wildman–Crippen LogP) is 2.23. The van der Waals surface area contributed by atoms with E-state index in [2.05, 4.69) is 26.4 Å². The van der Waals surface area contributed by atoms with Crippen LogP contribution < -0.4 is 11.1 Å². The maximum atomic E-state index is 12.3. The Morgan fingerprint density at radius 2 is 2.10 bits per heavy atom. The molecule has 0 atom stereocenters. The van der Waals surface area contributed by atoms with Crippen LogP contribution in [0.4, 0.5) is 0 Å². The van der Waals surface area contributed by atoms with Crippen molar-refractivity contribution >= 4 is 27.7 Å². The van der Waals surface area contributed by atoms with Crippen molar-refractivity contribution in [2.75, 3.05) is 0 Å². The van der Waals surface area contributed by atoms with Crippen LogP contribution in [-0.2, 0) is 11.3 Å². The summed E-state index contributed by atoms with van der Waals surface area (Å²) in [4.78, 5) is 12.3. The van der Waals surface area contributed by atoms with Crippen molar-refractivity contribution in [1.82, 2.24) is 5.32 Å². The first kappa shape index (κ1) is 14.8. The molecular formula is C14H18BrN3O2. The van der Waals surface area contributed by atoms with Crippen molar-refractivity contribution in [2.45, 2.75) is 26.3 Å². The Balaban J connectivity index is 2.01. The van der Waals surface area contributed by atoms with Crippen molar-refractivity contribution in [3.63, 3.8) is 0 Å². The zero-order valence-electron chi connectivity index (χ0n) is 11.3. The molecule has 1 amide bonds. The first-order chi connectivity index (χ1) is 9.48. The number of carbonyl (C=O) groups excluding carboxylic acids is 1. The summed E-state index contributed by atoms with van der Waals surface area (Å²) in [5.41, 5.74) is 5.86. The number of hydrogen-bond donors (Lipinski definition) is 3. The fourth-order valence-electron chi connectivity index (χ4n) is 2.69. The smallest absolute Gasteiger partial charge is 0.234 e. The summed E-state index contributed by atoms with van der Waals surface area (Å²) in [7, 11) is 0. The van der Waals surface area contributed by atoms with Crippen LogP contribution in [0, 0.1) is 11.3 Å². The Kier molecular flexibility index (Phi) is 4.32. The van der Waals surface area contributed by atoms with Crippen molar-refractivity contribution in [2.24, 2.45) is 22.2 Å². The Hall–Kier alpha value is -1.56. The molecule has 5 nitrogen and oxygen atoms in total. The fraction of sp³-hybridized carbons (Fsp3) is 0.429. The molecule has 1 aromatic carbocycles. The standard InChI is InChI=1S/C14H18BrN3O2/c1-9-6-14(7-9,12(16)18-20)13(19)17-8-10-2-4-11(15)5-3-10/h2-5,9,20H,6-8H2,1H3,(H2,16,18)(H,17,19). The second-order valence-corrected chi connectivity index (χ2v) is 6.31. The molecule has 0 saturated heterocycles. The Morgan fingerprint density at radius 3 is 2.60 bits per heavy atom. The lowest BCUT2D eigenvalue weighted by molar-refractivity contribution is -0.133. The molecule has 0 heterocycles. The van der Waals surface area contributed by atoms with Gasteiger partial charge < -0.3 is 16.3 Å². The molecule has 1 aliphatic carbocycles. The molecule has 1 aliphatic rings. The summed E-state index contributed by atoms with van der Waals surface area (Å²) < 4.78 is 0.994. The summed E-state index contributed by atoms with van der Waals surface area (Å²) in [6.45, 7) is 2.48. The minimum atomic E-state index is -0.844. The van der Waals surface area contributed by atoms with E-state index in [1.807, 2.05) is 31.2 Å². The van der Waals surface area contributed by atoms with Gasteiger partial charge >= 0.3 is 0 Å². The lowest BCUT2D eigenvalue weighted by Crippen LogP contribution is -2.56. The van der Waals surface area contributed by atoms with E-state index in [1.54, 1.807) is 0 Å². The molecule has 1 saturated carbocycles. The van der Waals surface area contributed by atoms with Gasteiger partial charge in [-0.3, -0.25) is 4.79 Å². The van der Waals surface area contributed by atoms with E-state index < -0.39 is 5.41 Å². The summed E-state index contributed by atoms with van der Waals surface area (Å²) in [5.74, 6) is 0.242. The molecule has 0 aromatic heterocycles. The van der Waals surface area contributed by atoms with E-state index in [0.29, 0.717) is 25.3 Å². The van der Waals surface area contributed by atoms with E-state index in [-0.39, 0.29) is 11.7 Å². The average molecular weight is 340 g/mol. The highest BCUT2D eigenvalue weighted by Crippen LogP contribution is 2.45. The van der Waals surface area contributed by atoms with Gasteiger partial charge in [0.25, 0.3) is 0 Å². The third kappa shape index (κ3) is 2.80. The van der Waals surface area contributed by atoms with Gasteiger partial charge in [-0.2, -0.15) is 0 Å². The molecule has 2 rings (SSSR count). The number of amides is 1. The highest BCUT2D eigenvalue weighted by Gasteiger charge is 2.52. The topological polar surface area (TPSA) is 87.7 Å². The van der Waals surface area contributed by atoms with Gasteiger partial charge in [0.05, 0.1) is 0 Å². The number of amidine groups is 1. The summed E-state index contributed by atoms with van der Waals surface area (Å²) in [6, 6.07) is 7.71. The van der Waals surface area contributed by atoms with Gasteiger partial charge in [-0.05, 0) is 36.5 Å². The minimum Gasteiger partial charge on any atom is -0.409 e. The number of benzene rings is 1. The van der Waals surface area contributed by atoms with E-state index in [0.717, 1.165) is 10.0 Å². The van der Waals surface area contributed by atoms with E-state index in [1.165, 1.54) is 0 Å². The van der Waals surface area contributed by atoms with Gasteiger partial charge in [-0.1, -0.05) is 40.1 Å². The van der Waals surface area contributed by atoms with Crippen LogP contribution in [0.15, 0.2) is 33.9 Å². The maximum Gasteiger partial charge on any atom is 0.234 e. The predicted molar refractivity (Wildman–Crippen MR) is 80.2 cm³/mol. The number of oxime groups is 1. The van der Waals surface area contributed by atoms with Crippen LogP contribution in [0.25, 0.3) is 0 Å². The molecule has 0 bridgehead atoms.